The number of nitrogens with zero attached hydrogens (tertiary/aromatic N) is 2. The van der Waals surface area contributed by atoms with Crippen LogP contribution in [0.2, 0.25) is 5.02 Å². The Morgan fingerprint density at radius 2 is 1.83 bits per heavy atom. The van der Waals surface area contributed by atoms with Gasteiger partial charge in [-0.25, -0.2) is 0 Å². The van der Waals surface area contributed by atoms with Crippen LogP contribution in [0.5, 0.6) is 5.75 Å². The topological polar surface area (TPSA) is 33.7 Å². The number of halogens is 1. The zero-order valence-electron chi connectivity index (χ0n) is 21.0. The molecule has 36 heavy (non-hydrogen) atoms. The van der Waals surface area contributed by atoms with Gasteiger partial charge in [0.15, 0.2) is 0 Å². The smallest absolute Gasteiger partial charge is 0.137 e. The molecule has 2 heterocycles. The average Bonchev–Trinajstić information content (AvgIpc) is 3.05. The van der Waals surface area contributed by atoms with Crippen molar-refractivity contribution in [2.45, 2.75) is 22.3 Å². The SMILES string of the molecule is C[NH+](C)CCOc1ccccc1/C=N/N1CC[NH+]([C@@H]2Cc3ccccc3Sc3ccc(Cl)cc32)CC1. The molecule has 0 bridgehead atoms. The average molecular weight is 523 g/mol. The van der Waals surface area contributed by atoms with Gasteiger partial charge in [0.05, 0.1) is 46.5 Å². The summed E-state index contributed by atoms with van der Waals surface area (Å²) in [5.74, 6) is 0.898. The van der Waals surface area contributed by atoms with Crippen molar-refractivity contribution in [2.24, 2.45) is 5.10 Å². The fourth-order valence-corrected chi connectivity index (χ4v) is 6.24. The van der Waals surface area contributed by atoms with Crippen molar-refractivity contribution in [3.63, 3.8) is 0 Å². The first-order valence-corrected chi connectivity index (χ1v) is 14.0. The van der Waals surface area contributed by atoms with Gasteiger partial charge in [-0.2, -0.15) is 5.10 Å². The molecule has 3 aromatic rings. The van der Waals surface area contributed by atoms with Crippen LogP contribution in [0.4, 0.5) is 0 Å². The van der Waals surface area contributed by atoms with E-state index in [0.717, 1.165) is 55.5 Å². The molecular weight excluding hydrogens is 488 g/mol. The molecule has 1 fully saturated rings. The number of para-hydroxylation sites is 1. The molecule has 2 N–H and O–H groups in total. The summed E-state index contributed by atoms with van der Waals surface area (Å²) in [5, 5.41) is 7.85. The first-order chi connectivity index (χ1) is 17.6. The van der Waals surface area contributed by atoms with Crippen molar-refractivity contribution < 1.29 is 14.5 Å². The van der Waals surface area contributed by atoms with Crippen LogP contribution in [0.3, 0.4) is 0 Å². The van der Waals surface area contributed by atoms with Crippen LogP contribution in [0.15, 0.2) is 81.6 Å². The second-order valence-electron chi connectivity index (χ2n) is 9.85. The molecule has 1 saturated heterocycles. The van der Waals surface area contributed by atoms with Crippen LogP contribution < -0.4 is 14.5 Å². The van der Waals surface area contributed by atoms with E-state index >= 15 is 0 Å². The lowest BCUT2D eigenvalue weighted by atomic mass is 9.97. The van der Waals surface area contributed by atoms with Gasteiger partial charge in [-0.1, -0.05) is 53.7 Å². The lowest BCUT2D eigenvalue weighted by Crippen LogP contribution is -3.15. The number of hydrazone groups is 1. The molecule has 0 radical (unpaired) electrons. The van der Waals surface area contributed by atoms with Crippen LogP contribution >= 0.6 is 23.4 Å². The molecule has 3 aromatic carbocycles. The standard InChI is InChI=1S/C29H33ClN4OS/c1-32(2)17-18-35-27-9-5-3-8-23(27)21-31-34-15-13-33(14-16-34)26-19-22-7-4-6-10-28(22)36-29-12-11-24(30)20-25(26)29/h3-12,20-21,26H,13-19H2,1-2H3/p+2/b31-21+/t26-/m1/s1. The largest absolute Gasteiger partial charge is 0.487 e. The summed E-state index contributed by atoms with van der Waals surface area (Å²) in [6.07, 6.45) is 2.99. The fraction of sp³-hybridized carbons (Fsp3) is 0.345. The Labute approximate surface area is 223 Å². The van der Waals surface area contributed by atoms with Crippen molar-refractivity contribution in [3.8, 4) is 5.75 Å². The van der Waals surface area contributed by atoms with Crippen molar-refractivity contribution in [3.05, 3.63) is 88.4 Å². The molecule has 0 amide bonds. The number of rotatable bonds is 7. The molecule has 0 spiro atoms. The number of hydrogen-bond donors (Lipinski definition) is 2. The number of hydrogen-bond acceptors (Lipinski definition) is 4. The lowest BCUT2D eigenvalue weighted by molar-refractivity contribution is -0.936. The highest BCUT2D eigenvalue weighted by atomic mass is 35.5. The van der Waals surface area contributed by atoms with Gasteiger partial charge >= 0.3 is 0 Å². The summed E-state index contributed by atoms with van der Waals surface area (Å²) in [5.41, 5.74) is 3.84. The lowest BCUT2D eigenvalue weighted by Gasteiger charge is -2.35. The normalized spacial score (nSPS) is 18.2. The third kappa shape index (κ3) is 6.06. The minimum Gasteiger partial charge on any atom is -0.487 e. The number of benzene rings is 3. The Kier molecular flexibility index (Phi) is 8.17. The quantitative estimate of drug-likeness (QED) is 0.468. The van der Waals surface area contributed by atoms with E-state index < -0.39 is 0 Å². The minimum atomic E-state index is 0.397. The molecule has 0 aromatic heterocycles. The maximum absolute atomic E-state index is 6.47. The third-order valence-electron chi connectivity index (χ3n) is 6.98. The number of likely N-dealkylation sites (N-methyl/N-ethyl adjacent to an activating group) is 1. The second kappa shape index (κ2) is 11.7. The number of nitrogens with one attached hydrogen (secondary N) is 2. The highest BCUT2D eigenvalue weighted by molar-refractivity contribution is 7.99. The molecule has 2 aliphatic heterocycles. The van der Waals surface area contributed by atoms with Crippen LogP contribution in [0.25, 0.3) is 0 Å². The highest BCUT2D eigenvalue weighted by Crippen LogP contribution is 2.40. The summed E-state index contributed by atoms with van der Waals surface area (Å²) in [7, 11) is 4.27. The molecule has 0 unspecified atom stereocenters. The minimum absolute atomic E-state index is 0.397. The first kappa shape index (κ1) is 25.2. The fourth-order valence-electron chi connectivity index (χ4n) is 4.94. The molecule has 5 nitrogen and oxygen atoms in total. The van der Waals surface area contributed by atoms with E-state index in [-0.39, 0.29) is 0 Å². The van der Waals surface area contributed by atoms with Crippen LogP contribution in [-0.2, 0) is 6.42 Å². The number of fused-ring (bicyclic) bond motifs is 2. The summed E-state index contributed by atoms with van der Waals surface area (Å²) >= 11 is 8.35. The molecule has 1 atom stereocenters. The van der Waals surface area contributed by atoms with Crippen molar-refractivity contribution in [1.29, 1.82) is 0 Å². The monoisotopic (exact) mass is 522 g/mol. The van der Waals surface area contributed by atoms with Gasteiger partial charge in [-0.15, -0.1) is 0 Å². The Morgan fingerprint density at radius 1 is 1.06 bits per heavy atom. The summed E-state index contributed by atoms with van der Waals surface area (Å²) in [4.78, 5) is 5.67. The molecule has 5 rings (SSSR count). The van der Waals surface area contributed by atoms with E-state index in [4.69, 9.17) is 21.4 Å². The Bertz CT molecular complexity index is 1210. The van der Waals surface area contributed by atoms with Crippen molar-refractivity contribution in [2.75, 3.05) is 53.4 Å². The first-order valence-electron chi connectivity index (χ1n) is 12.8. The van der Waals surface area contributed by atoms with Gasteiger partial charge < -0.3 is 14.5 Å². The van der Waals surface area contributed by atoms with E-state index in [2.05, 4.69) is 61.6 Å². The van der Waals surface area contributed by atoms with E-state index in [1.54, 1.807) is 4.90 Å². The van der Waals surface area contributed by atoms with Gasteiger partial charge in [0, 0.05) is 32.4 Å². The second-order valence-corrected chi connectivity index (χ2v) is 11.4. The summed E-state index contributed by atoms with van der Waals surface area (Å²) in [6, 6.07) is 23.8. The van der Waals surface area contributed by atoms with Gasteiger partial charge in [-0.3, -0.25) is 5.01 Å². The van der Waals surface area contributed by atoms with Crippen LogP contribution in [0.1, 0.15) is 22.7 Å². The Hall–Kier alpha value is -2.51. The molecule has 2 aliphatic rings. The third-order valence-corrected chi connectivity index (χ3v) is 8.42. The molecular formula is C29H35ClN4OS+2. The number of ether oxygens (including phenoxy) is 1. The Balaban J connectivity index is 1.27. The molecule has 0 saturated carbocycles. The Morgan fingerprint density at radius 3 is 2.67 bits per heavy atom. The van der Waals surface area contributed by atoms with Gasteiger partial charge in [-0.05, 0) is 42.0 Å². The van der Waals surface area contributed by atoms with Crippen LogP contribution in [-0.4, -0.2) is 64.6 Å². The van der Waals surface area contributed by atoms with E-state index in [9.17, 15) is 0 Å². The van der Waals surface area contributed by atoms with E-state index in [0.29, 0.717) is 12.6 Å². The number of quaternary nitrogens is 2. The summed E-state index contributed by atoms with van der Waals surface area (Å²) in [6.45, 7) is 5.62. The zero-order chi connectivity index (χ0) is 24.9. The van der Waals surface area contributed by atoms with Gasteiger partial charge in [0.25, 0.3) is 0 Å². The van der Waals surface area contributed by atoms with Gasteiger partial charge in [0.1, 0.15) is 24.9 Å². The van der Waals surface area contributed by atoms with Crippen molar-refractivity contribution in [1.82, 2.24) is 5.01 Å². The number of piperazine rings is 1. The predicted octanol–water partition coefficient (Wildman–Crippen LogP) is 2.85. The highest BCUT2D eigenvalue weighted by Gasteiger charge is 2.33. The van der Waals surface area contributed by atoms with Gasteiger partial charge in [0.2, 0.25) is 0 Å². The molecule has 188 valence electrons. The van der Waals surface area contributed by atoms with Crippen molar-refractivity contribution >= 4 is 29.6 Å². The van der Waals surface area contributed by atoms with E-state index in [1.165, 1.54) is 25.8 Å². The molecule has 0 aliphatic carbocycles. The maximum atomic E-state index is 6.47. The zero-order valence-corrected chi connectivity index (χ0v) is 22.6. The molecule has 7 heteroatoms. The van der Waals surface area contributed by atoms with Crippen LogP contribution in [0, 0.1) is 0 Å². The van der Waals surface area contributed by atoms with E-state index in [1.807, 2.05) is 42.2 Å². The summed E-state index contributed by atoms with van der Waals surface area (Å²) < 4.78 is 6.02. The maximum Gasteiger partial charge on any atom is 0.137 e. The predicted molar refractivity (Wildman–Crippen MR) is 148 cm³/mol.